The third kappa shape index (κ3) is 3.61. The Balaban J connectivity index is 1.80. The van der Waals surface area contributed by atoms with Gasteiger partial charge in [0.25, 0.3) is 0 Å². The molecule has 1 aromatic carbocycles. The van der Waals surface area contributed by atoms with Gasteiger partial charge in [-0.2, -0.15) is 0 Å². The van der Waals surface area contributed by atoms with Crippen molar-refractivity contribution in [2.75, 3.05) is 6.54 Å². The minimum atomic E-state index is -0.702. The van der Waals surface area contributed by atoms with Gasteiger partial charge in [-0.25, -0.2) is 8.78 Å². The Morgan fingerprint density at radius 1 is 1.30 bits per heavy atom. The number of halogens is 2. The summed E-state index contributed by atoms with van der Waals surface area (Å²) in [6.45, 7) is 0.173. The van der Waals surface area contributed by atoms with E-state index in [2.05, 4.69) is 6.08 Å². The molecule has 3 rings (SSSR count). The topological polar surface area (TPSA) is 40.5 Å². The molecule has 1 amide bonds. The summed E-state index contributed by atoms with van der Waals surface area (Å²) < 4.78 is 27.5. The number of nitrogens with zero attached hydrogens (tertiary/aromatic N) is 1. The molecule has 3 nitrogen and oxygen atoms in total. The number of amides is 1. The maximum Gasteiger partial charge on any atom is 0.227 e. The van der Waals surface area contributed by atoms with Crippen molar-refractivity contribution in [1.82, 2.24) is 4.90 Å². The Labute approximate surface area is 134 Å². The van der Waals surface area contributed by atoms with Gasteiger partial charge in [0.15, 0.2) is 0 Å². The SMILES string of the molecule is O=C(CC1=CCCCC1)N1CC(O)CC1c1cc(F)ccc1F. The number of aliphatic hydroxyl groups excluding tert-OH is 1. The molecule has 2 aliphatic rings. The van der Waals surface area contributed by atoms with Crippen LogP contribution in [0, 0.1) is 11.6 Å². The third-order valence-corrected chi connectivity index (χ3v) is 4.68. The zero-order chi connectivity index (χ0) is 16.4. The Morgan fingerprint density at radius 2 is 2.13 bits per heavy atom. The summed E-state index contributed by atoms with van der Waals surface area (Å²) in [6.07, 6.45) is 6.10. The average Bonchev–Trinajstić information content (AvgIpc) is 2.92. The lowest BCUT2D eigenvalue weighted by Crippen LogP contribution is -2.32. The predicted molar refractivity (Wildman–Crippen MR) is 82.6 cm³/mol. The maximum absolute atomic E-state index is 14.0. The van der Waals surface area contributed by atoms with Crippen LogP contribution in [0.5, 0.6) is 0 Å². The van der Waals surface area contributed by atoms with E-state index in [-0.39, 0.29) is 24.4 Å². The van der Waals surface area contributed by atoms with Crippen molar-refractivity contribution in [3.8, 4) is 0 Å². The molecule has 2 atom stereocenters. The highest BCUT2D eigenvalue weighted by Crippen LogP contribution is 2.35. The zero-order valence-corrected chi connectivity index (χ0v) is 13.0. The van der Waals surface area contributed by atoms with Crippen LogP contribution in [0.15, 0.2) is 29.8 Å². The number of carbonyl (C=O) groups is 1. The monoisotopic (exact) mass is 321 g/mol. The molecule has 1 N–H and O–H groups in total. The fraction of sp³-hybridized carbons (Fsp3) is 0.500. The van der Waals surface area contributed by atoms with Crippen LogP contribution < -0.4 is 0 Å². The van der Waals surface area contributed by atoms with Gasteiger partial charge in [-0.15, -0.1) is 0 Å². The second-order valence-electron chi connectivity index (χ2n) is 6.40. The highest BCUT2D eigenvalue weighted by Gasteiger charge is 2.36. The van der Waals surface area contributed by atoms with Gasteiger partial charge >= 0.3 is 0 Å². The summed E-state index contributed by atoms with van der Waals surface area (Å²) in [4.78, 5) is 14.1. The number of benzene rings is 1. The van der Waals surface area contributed by atoms with Crippen molar-refractivity contribution in [1.29, 1.82) is 0 Å². The van der Waals surface area contributed by atoms with Crippen molar-refractivity contribution in [3.63, 3.8) is 0 Å². The lowest BCUT2D eigenvalue weighted by molar-refractivity contribution is -0.131. The number of allylic oxidation sites excluding steroid dienone is 1. The van der Waals surface area contributed by atoms with E-state index in [4.69, 9.17) is 0 Å². The van der Waals surface area contributed by atoms with Crippen LogP contribution in [-0.2, 0) is 4.79 Å². The largest absolute Gasteiger partial charge is 0.391 e. The predicted octanol–water partition coefficient (Wildman–Crippen LogP) is 3.49. The molecular weight excluding hydrogens is 300 g/mol. The van der Waals surface area contributed by atoms with E-state index < -0.39 is 23.8 Å². The molecule has 124 valence electrons. The molecule has 0 radical (unpaired) electrons. The Hall–Kier alpha value is -1.75. The number of carbonyl (C=O) groups excluding carboxylic acids is 1. The van der Waals surface area contributed by atoms with Crippen molar-refractivity contribution < 1.29 is 18.7 Å². The van der Waals surface area contributed by atoms with E-state index in [1.165, 1.54) is 4.90 Å². The first kappa shape index (κ1) is 16.1. The fourth-order valence-electron chi connectivity index (χ4n) is 3.52. The lowest BCUT2D eigenvalue weighted by Gasteiger charge is -2.26. The number of hydrogen-bond donors (Lipinski definition) is 1. The summed E-state index contributed by atoms with van der Waals surface area (Å²) in [5, 5.41) is 9.92. The summed E-state index contributed by atoms with van der Waals surface area (Å²) in [6, 6.07) is 2.65. The Morgan fingerprint density at radius 3 is 2.87 bits per heavy atom. The molecule has 1 aromatic rings. The van der Waals surface area contributed by atoms with E-state index >= 15 is 0 Å². The molecule has 0 saturated carbocycles. The maximum atomic E-state index is 14.0. The Kier molecular flexibility index (Phi) is 4.76. The van der Waals surface area contributed by atoms with Crippen molar-refractivity contribution in [2.45, 2.75) is 50.7 Å². The van der Waals surface area contributed by atoms with Gasteiger partial charge in [0.2, 0.25) is 5.91 Å². The standard InChI is InChI=1S/C18H21F2NO2/c19-13-6-7-16(20)15(9-13)17-10-14(22)11-21(17)18(23)8-12-4-2-1-3-5-12/h4,6-7,9,14,17,22H,1-3,5,8,10-11H2. The van der Waals surface area contributed by atoms with Crippen molar-refractivity contribution in [2.24, 2.45) is 0 Å². The van der Waals surface area contributed by atoms with Crippen LogP contribution in [0.25, 0.3) is 0 Å². The van der Waals surface area contributed by atoms with E-state index in [1.807, 2.05) is 0 Å². The van der Waals surface area contributed by atoms with E-state index in [0.717, 1.165) is 49.5 Å². The first-order valence-electron chi connectivity index (χ1n) is 8.15. The molecule has 1 heterocycles. The second-order valence-corrected chi connectivity index (χ2v) is 6.40. The van der Waals surface area contributed by atoms with E-state index in [1.54, 1.807) is 0 Å². The number of β-amino-alcohol motifs (C(OH)–C–C–N with tert-alkyl or cyclic N) is 1. The first-order chi connectivity index (χ1) is 11.0. The fourth-order valence-corrected chi connectivity index (χ4v) is 3.52. The molecule has 1 fully saturated rings. The van der Waals surface area contributed by atoms with Gasteiger partial charge in [-0.05, 0) is 50.3 Å². The van der Waals surface area contributed by atoms with Gasteiger partial charge in [-0.3, -0.25) is 4.79 Å². The van der Waals surface area contributed by atoms with Gasteiger partial charge in [0.1, 0.15) is 11.6 Å². The molecule has 5 heteroatoms. The molecule has 23 heavy (non-hydrogen) atoms. The summed E-state index contributed by atoms with van der Waals surface area (Å²) >= 11 is 0. The van der Waals surface area contributed by atoms with Crippen LogP contribution >= 0.6 is 0 Å². The minimum absolute atomic E-state index is 0.122. The molecular formula is C18H21F2NO2. The molecule has 0 spiro atoms. The zero-order valence-electron chi connectivity index (χ0n) is 13.0. The van der Waals surface area contributed by atoms with Crippen LogP contribution in [0.4, 0.5) is 8.78 Å². The number of aliphatic hydroxyl groups is 1. The average molecular weight is 321 g/mol. The molecule has 1 saturated heterocycles. The Bertz CT molecular complexity index is 629. The first-order valence-corrected chi connectivity index (χ1v) is 8.15. The number of rotatable bonds is 3. The molecule has 1 aliphatic carbocycles. The van der Waals surface area contributed by atoms with Crippen LogP contribution in [-0.4, -0.2) is 28.6 Å². The summed E-state index contributed by atoms with van der Waals surface area (Å²) in [5.74, 6) is -1.20. The molecule has 0 bridgehead atoms. The summed E-state index contributed by atoms with van der Waals surface area (Å²) in [7, 11) is 0. The molecule has 2 unspecified atom stereocenters. The van der Waals surface area contributed by atoms with Gasteiger partial charge in [-0.1, -0.05) is 11.6 Å². The quantitative estimate of drug-likeness (QED) is 0.866. The van der Waals surface area contributed by atoms with Crippen molar-refractivity contribution >= 4 is 5.91 Å². The van der Waals surface area contributed by atoms with Gasteiger partial charge in [0, 0.05) is 18.5 Å². The number of likely N-dealkylation sites (tertiary alicyclic amines) is 1. The van der Waals surface area contributed by atoms with Crippen LogP contribution in [0.1, 0.15) is 50.1 Å². The minimum Gasteiger partial charge on any atom is -0.391 e. The van der Waals surface area contributed by atoms with E-state index in [0.29, 0.717) is 6.42 Å². The smallest absolute Gasteiger partial charge is 0.227 e. The molecule has 0 aromatic heterocycles. The highest BCUT2D eigenvalue weighted by molar-refractivity contribution is 5.79. The lowest BCUT2D eigenvalue weighted by atomic mass is 9.96. The molecule has 1 aliphatic heterocycles. The second kappa shape index (κ2) is 6.79. The number of hydrogen-bond acceptors (Lipinski definition) is 2. The highest BCUT2D eigenvalue weighted by atomic mass is 19.1. The van der Waals surface area contributed by atoms with Crippen molar-refractivity contribution in [3.05, 3.63) is 47.0 Å². The third-order valence-electron chi connectivity index (χ3n) is 4.68. The van der Waals surface area contributed by atoms with Crippen LogP contribution in [0.2, 0.25) is 0 Å². The normalized spacial score (nSPS) is 24.7. The summed E-state index contributed by atoms with van der Waals surface area (Å²) in [5.41, 5.74) is 1.26. The van der Waals surface area contributed by atoms with Crippen LogP contribution in [0.3, 0.4) is 0 Å². The van der Waals surface area contributed by atoms with Gasteiger partial charge < -0.3 is 10.0 Å². The van der Waals surface area contributed by atoms with E-state index in [9.17, 15) is 18.7 Å². The van der Waals surface area contributed by atoms with Gasteiger partial charge in [0.05, 0.1) is 12.1 Å².